The zero-order chi connectivity index (χ0) is 13.0. The molecule has 0 aromatic carbocycles. The monoisotopic (exact) mass is 270 g/mol. The first-order valence-corrected chi connectivity index (χ1v) is 6.79. The molecule has 1 fully saturated rings. The number of halogens is 1. The molecule has 0 saturated heterocycles. The minimum absolute atomic E-state index is 0.0284. The largest absolute Gasteiger partial charge is 0.391 e. The van der Waals surface area contributed by atoms with Gasteiger partial charge in [-0.15, -0.1) is 0 Å². The first kappa shape index (κ1) is 13.4. The third-order valence-electron chi connectivity index (χ3n) is 3.13. The van der Waals surface area contributed by atoms with Gasteiger partial charge >= 0.3 is 0 Å². The molecule has 0 aliphatic heterocycles. The molecule has 0 radical (unpaired) electrons. The van der Waals surface area contributed by atoms with Gasteiger partial charge in [-0.05, 0) is 19.8 Å². The summed E-state index contributed by atoms with van der Waals surface area (Å²) in [5.74, 6) is 1.14. The molecule has 1 saturated carbocycles. The second-order valence-electron chi connectivity index (χ2n) is 4.52. The molecule has 2 rings (SSSR count). The maximum atomic E-state index is 9.93. The van der Waals surface area contributed by atoms with Gasteiger partial charge in [0.1, 0.15) is 5.02 Å². The van der Waals surface area contributed by atoms with Crippen molar-refractivity contribution in [1.82, 2.24) is 9.97 Å². The summed E-state index contributed by atoms with van der Waals surface area (Å²) >= 11 is 6.07. The van der Waals surface area contributed by atoms with Crippen molar-refractivity contribution < 1.29 is 5.11 Å². The fraction of sp³-hybridized carbons (Fsp3) is 0.667. The number of rotatable bonds is 4. The number of anilines is 2. The fourth-order valence-electron chi connectivity index (χ4n) is 2.17. The van der Waals surface area contributed by atoms with Crippen LogP contribution in [-0.2, 0) is 0 Å². The van der Waals surface area contributed by atoms with Crippen LogP contribution in [0.4, 0.5) is 11.8 Å². The van der Waals surface area contributed by atoms with Crippen LogP contribution in [-0.4, -0.2) is 33.8 Å². The zero-order valence-electron chi connectivity index (χ0n) is 10.5. The van der Waals surface area contributed by atoms with E-state index in [1.165, 1.54) is 0 Å². The van der Waals surface area contributed by atoms with Gasteiger partial charge in [0.15, 0.2) is 5.82 Å². The molecule has 0 spiro atoms. The highest BCUT2D eigenvalue weighted by molar-refractivity contribution is 6.32. The highest BCUT2D eigenvalue weighted by atomic mass is 35.5. The molecule has 2 atom stereocenters. The second kappa shape index (κ2) is 6.20. The lowest BCUT2D eigenvalue weighted by molar-refractivity contribution is 0.116. The molecule has 3 N–H and O–H groups in total. The maximum Gasteiger partial charge on any atom is 0.224 e. The van der Waals surface area contributed by atoms with E-state index >= 15 is 0 Å². The van der Waals surface area contributed by atoms with E-state index in [-0.39, 0.29) is 12.1 Å². The van der Waals surface area contributed by atoms with Crippen LogP contribution in [0.25, 0.3) is 0 Å². The van der Waals surface area contributed by atoms with E-state index in [4.69, 9.17) is 11.6 Å². The lowest BCUT2D eigenvalue weighted by Crippen LogP contribution is -2.36. The summed E-state index contributed by atoms with van der Waals surface area (Å²) in [4.78, 5) is 8.40. The Hall–Kier alpha value is -1.07. The Balaban J connectivity index is 2.09. The van der Waals surface area contributed by atoms with E-state index in [0.717, 1.165) is 32.2 Å². The standard InChI is InChI=1S/C12H19ClN4O/c1-2-14-12-15-7-8(13)11(17-12)16-9-5-3-4-6-10(9)18/h7,9-10,18H,2-6H2,1H3,(H2,14,15,16,17). The Morgan fingerprint density at radius 3 is 2.94 bits per heavy atom. The predicted octanol–water partition coefficient (Wildman–Crippen LogP) is 2.28. The molecule has 1 heterocycles. The summed E-state index contributed by atoms with van der Waals surface area (Å²) in [5, 5.41) is 16.7. The molecular weight excluding hydrogens is 252 g/mol. The van der Waals surface area contributed by atoms with E-state index in [1.807, 2.05) is 6.92 Å². The quantitative estimate of drug-likeness (QED) is 0.783. The Morgan fingerprint density at radius 1 is 1.44 bits per heavy atom. The van der Waals surface area contributed by atoms with Crippen LogP contribution >= 0.6 is 11.6 Å². The van der Waals surface area contributed by atoms with Crippen molar-refractivity contribution in [3.63, 3.8) is 0 Å². The van der Waals surface area contributed by atoms with E-state index < -0.39 is 0 Å². The Morgan fingerprint density at radius 2 is 2.22 bits per heavy atom. The summed E-state index contributed by atoms with van der Waals surface area (Å²) in [6.45, 7) is 2.74. The van der Waals surface area contributed by atoms with Crippen LogP contribution in [0.2, 0.25) is 5.02 Å². The third-order valence-corrected chi connectivity index (χ3v) is 3.41. The molecule has 18 heavy (non-hydrogen) atoms. The predicted molar refractivity (Wildman–Crippen MR) is 73.1 cm³/mol. The van der Waals surface area contributed by atoms with Gasteiger partial charge in [0.2, 0.25) is 5.95 Å². The second-order valence-corrected chi connectivity index (χ2v) is 4.93. The van der Waals surface area contributed by atoms with Gasteiger partial charge in [-0.3, -0.25) is 0 Å². The average molecular weight is 271 g/mol. The van der Waals surface area contributed by atoms with Gasteiger partial charge < -0.3 is 15.7 Å². The molecule has 1 aromatic heterocycles. The van der Waals surface area contributed by atoms with Crippen LogP contribution in [0.15, 0.2) is 6.20 Å². The van der Waals surface area contributed by atoms with Crippen molar-refractivity contribution in [2.45, 2.75) is 44.8 Å². The molecule has 100 valence electrons. The van der Waals surface area contributed by atoms with Gasteiger partial charge in [-0.2, -0.15) is 4.98 Å². The number of aliphatic hydroxyl groups is 1. The van der Waals surface area contributed by atoms with Gasteiger partial charge in [-0.1, -0.05) is 24.4 Å². The number of aliphatic hydroxyl groups excluding tert-OH is 1. The third kappa shape index (κ3) is 3.23. The summed E-state index contributed by atoms with van der Waals surface area (Å²) in [5.41, 5.74) is 0. The van der Waals surface area contributed by atoms with Crippen LogP contribution < -0.4 is 10.6 Å². The number of nitrogens with zero attached hydrogens (tertiary/aromatic N) is 2. The van der Waals surface area contributed by atoms with Crippen molar-refractivity contribution in [2.24, 2.45) is 0 Å². The Kier molecular flexibility index (Phi) is 4.60. The lowest BCUT2D eigenvalue weighted by atomic mass is 9.93. The van der Waals surface area contributed by atoms with E-state index in [9.17, 15) is 5.11 Å². The molecule has 1 aliphatic rings. The molecule has 6 heteroatoms. The first-order chi connectivity index (χ1) is 8.70. The number of hydrogen-bond acceptors (Lipinski definition) is 5. The summed E-state index contributed by atoms with van der Waals surface area (Å²) < 4.78 is 0. The molecular formula is C12H19ClN4O. The van der Waals surface area contributed by atoms with Crippen molar-refractivity contribution in [1.29, 1.82) is 0 Å². The Bertz CT molecular complexity index is 402. The Labute approximate surface area is 112 Å². The highest BCUT2D eigenvalue weighted by Crippen LogP contribution is 2.25. The zero-order valence-corrected chi connectivity index (χ0v) is 11.2. The minimum atomic E-state index is -0.327. The average Bonchev–Trinajstić information content (AvgIpc) is 2.36. The molecule has 2 unspecified atom stereocenters. The molecule has 1 aliphatic carbocycles. The van der Waals surface area contributed by atoms with Gasteiger partial charge in [0.25, 0.3) is 0 Å². The molecule has 0 amide bonds. The van der Waals surface area contributed by atoms with Crippen LogP contribution in [0.1, 0.15) is 32.6 Å². The number of hydrogen-bond donors (Lipinski definition) is 3. The smallest absolute Gasteiger partial charge is 0.224 e. The summed E-state index contributed by atoms with van der Waals surface area (Å²) in [6, 6.07) is 0.0284. The number of nitrogens with one attached hydrogen (secondary N) is 2. The summed E-state index contributed by atoms with van der Waals surface area (Å²) in [6.07, 6.45) is 5.23. The maximum absolute atomic E-state index is 9.93. The van der Waals surface area contributed by atoms with E-state index in [1.54, 1.807) is 6.20 Å². The fourth-order valence-corrected chi connectivity index (χ4v) is 2.31. The van der Waals surface area contributed by atoms with Gasteiger partial charge in [0, 0.05) is 6.54 Å². The van der Waals surface area contributed by atoms with Crippen LogP contribution in [0.5, 0.6) is 0 Å². The van der Waals surface area contributed by atoms with Crippen LogP contribution in [0.3, 0.4) is 0 Å². The van der Waals surface area contributed by atoms with Crippen molar-refractivity contribution >= 4 is 23.4 Å². The van der Waals surface area contributed by atoms with E-state index in [0.29, 0.717) is 16.8 Å². The van der Waals surface area contributed by atoms with Crippen LogP contribution in [0, 0.1) is 0 Å². The van der Waals surface area contributed by atoms with Crippen molar-refractivity contribution in [3.8, 4) is 0 Å². The molecule has 0 bridgehead atoms. The SMILES string of the molecule is CCNc1ncc(Cl)c(NC2CCCCC2O)n1. The highest BCUT2D eigenvalue weighted by Gasteiger charge is 2.23. The lowest BCUT2D eigenvalue weighted by Gasteiger charge is -2.29. The van der Waals surface area contributed by atoms with Crippen molar-refractivity contribution in [2.75, 3.05) is 17.2 Å². The summed E-state index contributed by atoms with van der Waals surface area (Å²) in [7, 11) is 0. The van der Waals surface area contributed by atoms with E-state index in [2.05, 4.69) is 20.6 Å². The van der Waals surface area contributed by atoms with Gasteiger partial charge in [-0.25, -0.2) is 4.98 Å². The number of aromatic nitrogens is 2. The first-order valence-electron chi connectivity index (χ1n) is 6.41. The molecule has 5 nitrogen and oxygen atoms in total. The van der Waals surface area contributed by atoms with Crippen molar-refractivity contribution in [3.05, 3.63) is 11.2 Å². The normalized spacial score (nSPS) is 23.7. The molecule has 1 aromatic rings. The topological polar surface area (TPSA) is 70.1 Å². The minimum Gasteiger partial charge on any atom is -0.391 e. The van der Waals surface area contributed by atoms with Gasteiger partial charge in [0.05, 0.1) is 18.3 Å².